The lowest BCUT2D eigenvalue weighted by molar-refractivity contribution is 0.102. The summed E-state index contributed by atoms with van der Waals surface area (Å²) in [7, 11) is 2.12. The summed E-state index contributed by atoms with van der Waals surface area (Å²) >= 11 is 5.94. The number of anilines is 2. The third-order valence-corrected chi connectivity index (χ3v) is 4.44. The number of carbonyl (C=O) groups excluding carboxylic acids is 1. The quantitative estimate of drug-likeness (QED) is 0.929. The van der Waals surface area contributed by atoms with Crippen molar-refractivity contribution in [1.29, 1.82) is 0 Å². The Bertz CT molecular complexity index is 742. The van der Waals surface area contributed by atoms with E-state index in [0.717, 1.165) is 37.6 Å². The molecule has 1 fully saturated rings. The minimum absolute atomic E-state index is 0.210. The molecule has 0 spiro atoms. The lowest BCUT2D eigenvalue weighted by atomic mass is 10.2. The number of hydrogen-bond donors (Lipinski definition) is 1. The van der Waals surface area contributed by atoms with Crippen molar-refractivity contribution in [1.82, 2.24) is 9.88 Å². The molecule has 0 atom stereocenters. The van der Waals surface area contributed by atoms with Gasteiger partial charge in [-0.1, -0.05) is 23.7 Å². The molecule has 126 valence electrons. The van der Waals surface area contributed by atoms with Gasteiger partial charge in [-0.3, -0.25) is 4.79 Å². The van der Waals surface area contributed by atoms with Gasteiger partial charge in [-0.15, -0.1) is 0 Å². The lowest BCUT2D eigenvalue weighted by Gasteiger charge is -2.34. The van der Waals surface area contributed by atoms with E-state index in [-0.39, 0.29) is 5.91 Å². The second kappa shape index (κ2) is 7.20. The first kappa shape index (κ1) is 16.7. The molecule has 0 bridgehead atoms. The highest BCUT2D eigenvalue weighted by molar-refractivity contribution is 6.31. The highest BCUT2D eigenvalue weighted by Gasteiger charge is 2.18. The van der Waals surface area contributed by atoms with E-state index in [9.17, 15) is 4.79 Å². The van der Waals surface area contributed by atoms with E-state index < -0.39 is 0 Å². The number of hydrogen-bond acceptors (Lipinski definition) is 4. The second-order valence-corrected chi connectivity index (χ2v) is 6.53. The number of piperazine rings is 1. The van der Waals surface area contributed by atoms with Crippen molar-refractivity contribution in [3.63, 3.8) is 0 Å². The monoisotopic (exact) mass is 344 g/mol. The molecule has 0 saturated carbocycles. The Morgan fingerprint density at radius 2 is 1.92 bits per heavy atom. The summed E-state index contributed by atoms with van der Waals surface area (Å²) in [4.78, 5) is 21.6. The van der Waals surface area contributed by atoms with E-state index in [0.29, 0.717) is 16.4 Å². The molecule has 2 heterocycles. The van der Waals surface area contributed by atoms with Crippen molar-refractivity contribution in [3.8, 4) is 0 Å². The maximum atomic E-state index is 12.4. The van der Waals surface area contributed by atoms with Crippen LogP contribution in [0.1, 0.15) is 15.9 Å². The van der Waals surface area contributed by atoms with Gasteiger partial charge in [0.2, 0.25) is 0 Å². The number of rotatable bonds is 3. The number of halogens is 1. The second-order valence-electron chi connectivity index (χ2n) is 6.09. The van der Waals surface area contributed by atoms with Crippen LogP contribution in [-0.4, -0.2) is 49.0 Å². The number of carbonyl (C=O) groups is 1. The normalized spacial score (nSPS) is 15.4. The molecule has 24 heavy (non-hydrogen) atoms. The molecular weight excluding hydrogens is 324 g/mol. The zero-order valence-electron chi connectivity index (χ0n) is 13.9. The van der Waals surface area contributed by atoms with E-state index in [2.05, 4.69) is 27.1 Å². The minimum Gasteiger partial charge on any atom is -0.354 e. The smallest absolute Gasteiger partial charge is 0.256 e. The van der Waals surface area contributed by atoms with Gasteiger partial charge in [0.1, 0.15) is 11.6 Å². The molecule has 2 aromatic rings. The highest BCUT2D eigenvalue weighted by Crippen LogP contribution is 2.22. The standard InChI is InChI=1S/C18H21ClN4O/c1-13-6-7-16(20-17(13)23-10-8-22(2)9-11-23)21-18(24)14-4-3-5-15(19)12-14/h3-7,12H,8-11H2,1-2H3,(H,20,21,24). The van der Waals surface area contributed by atoms with Crippen LogP contribution in [0.15, 0.2) is 36.4 Å². The maximum absolute atomic E-state index is 12.4. The van der Waals surface area contributed by atoms with Crippen molar-refractivity contribution in [2.45, 2.75) is 6.92 Å². The van der Waals surface area contributed by atoms with Crippen LogP contribution in [0.3, 0.4) is 0 Å². The molecule has 0 unspecified atom stereocenters. The van der Waals surface area contributed by atoms with Crippen molar-refractivity contribution in [3.05, 3.63) is 52.5 Å². The summed E-state index contributed by atoms with van der Waals surface area (Å²) in [6.07, 6.45) is 0. The van der Waals surface area contributed by atoms with Gasteiger partial charge in [0, 0.05) is 36.8 Å². The fourth-order valence-electron chi connectivity index (χ4n) is 2.74. The Morgan fingerprint density at radius 3 is 2.62 bits per heavy atom. The Hall–Kier alpha value is -2.11. The van der Waals surface area contributed by atoms with Crippen molar-refractivity contribution >= 4 is 29.1 Å². The van der Waals surface area contributed by atoms with Crippen molar-refractivity contribution in [2.75, 3.05) is 43.4 Å². The largest absolute Gasteiger partial charge is 0.354 e. The molecule has 5 nitrogen and oxygen atoms in total. The Balaban J connectivity index is 1.77. The molecule has 0 aliphatic carbocycles. The summed E-state index contributed by atoms with van der Waals surface area (Å²) in [5.41, 5.74) is 1.63. The highest BCUT2D eigenvalue weighted by atomic mass is 35.5. The predicted molar refractivity (Wildman–Crippen MR) is 98.1 cm³/mol. The van der Waals surface area contributed by atoms with Crippen LogP contribution in [0.5, 0.6) is 0 Å². The number of nitrogens with zero attached hydrogens (tertiary/aromatic N) is 3. The van der Waals surface area contributed by atoms with Gasteiger partial charge in [-0.25, -0.2) is 4.98 Å². The molecule has 1 aliphatic heterocycles. The van der Waals surface area contributed by atoms with Gasteiger partial charge in [0.05, 0.1) is 0 Å². The van der Waals surface area contributed by atoms with E-state index in [1.807, 2.05) is 19.1 Å². The van der Waals surface area contributed by atoms with E-state index in [1.165, 1.54) is 0 Å². The van der Waals surface area contributed by atoms with Crippen molar-refractivity contribution < 1.29 is 4.79 Å². The Kier molecular flexibility index (Phi) is 5.02. The van der Waals surface area contributed by atoms with Crippen LogP contribution in [-0.2, 0) is 0 Å². The van der Waals surface area contributed by atoms with E-state index >= 15 is 0 Å². The fourth-order valence-corrected chi connectivity index (χ4v) is 2.93. The molecule has 1 aliphatic rings. The Morgan fingerprint density at radius 1 is 1.17 bits per heavy atom. The Labute approximate surface area is 147 Å². The number of aromatic nitrogens is 1. The summed E-state index contributed by atoms with van der Waals surface area (Å²) < 4.78 is 0. The van der Waals surface area contributed by atoms with E-state index in [1.54, 1.807) is 24.3 Å². The third-order valence-electron chi connectivity index (χ3n) is 4.20. The number of nitrogens with one attached hydrogen (secondary N) is 1. The average molecular weight is 345 g/mol. The summed E-state index contributed by atoms with van der Waals surface area (Å²) in [6, 6.07) is 10.7. The molecule has 1 saturated heterocycles. The molecule has 1 aromatic carbocycles. The van der Waals surface area contributed by atoms with Gasteiger partial charge in [-0.05, 0) is 43.8 Å². The first-order chi connectivity index (χ1) is 11.5. The zero-order chi connectivity index (χ0) is 17.1. The number of aryl methyl sites for hydroxylation is 1. The summed E-state index contributed by atoms with van der Waals surface area (Å²) in [5, 5.41) is 3.39. The average Bonchev–Trinajstić information content (AvgIpc) is 2.57. The predicted octanol–water partition coefficient (Wildman–Crippen LogP) is 3.05. The summed E-state index contributed by atoms with van der Waals surface area (Å²) in [6.45, 7) is 5.95. The van der Waals surface area contributed by atoms with E-state index in [4.69, 9.17) is 11.6 Å². The lowest BCUT2D eigenvalue weighted by Crippen LogP contribution is -2.45. The van der Waals surface area contributed by atoms with Crippen LogP contribution < -0.4 is 10.2 Å². The maximum Gasteiger partial charge on any atom is 0.256 e. The topological polar surface area (TPSA) is 48.5 Å². The molecule has 1 N–H and O–H groups in total. The van der Waals surface area contributed by atoms with Gasteiger partial charge in [-0.2, -0.15) is 0 Å². The van der Waals surface area contributed by atoms with Crippen LogP contribution in [0.25, 0.3) is 0 Å². The van der Waals surface area contributed by atoms with Crippen LogP contribution >= 0.6 is 11.6 Å². The minimum atomic E-state index is -0.210. The van der Waals surface area contributed by atoms with Gasteiger partial charge >= 0.3 is 0 Å². The molecule has 1 amide bonds. The summed E-state index contributed by atoms with van der Waals surface area (Å²) in [5.74, 6) is 1.28. The van der Waals surface area contributed by atoms with Crippen LogP contribution in [0.2, 0.25) is 5.02 Å². The molecule has 1 aromatic heterocycles. The fraction of sp³-hybridized carbons (Fsp3) is 0.333. The number of benzene rings is 1. The molecule has 0 radical (unpaired) electrons. The number of likely N-dealkylation sites (N-methyl/N-ethyl adjacent to an activating group) is 1. The zero-order valence-corrected chi connectivity index (χ0v) is 14.7. The van der Waals surface area contributed by atoms with Gasteiger partial charge in [0.15, 0.2) is 0 Å². The van der Waals surface area contributed by atoms with Gasteiger partial charge in [0.25, 0.3) is 5.91 Å². The number of pyridine rings is 1. The first-order valence-corrected chi connectivity index (χ1v) is 8.39. The molecule has 3 rings (SSSR count). The number of amides is 1. The van der Waals surface area contributed by atoms with Crippen molar-refractivity contribution in [2.24, 2.45) is 0 Å². The first-order valence-electron chi connectivity index (χ1n) is 8.01. The van der Waals surface area contributed by atoms with Crippen LogP contribution in [0.4, 0.5) is 11.6 Å². The van der Waals surface area contributed by atoms with Gasteiger partial charge < -0.3 is 15.1 Å². The van der Waals surface area contributed by atoms with Crippen LogP contribution in [0, 0.1) is 6.92 Å². The molecular formula is C18H21ClN4O. The SMILES string of the molecule is Cc1ccc(NC(=O)c2cccc(Cl)c2)nc1N1CCN(C)CC1. The third kappa shape index (κ3) is 3.86. The molecule has 6 heteroatoms.